The fraction of sp³-hybridized carbons (Fsp3) is 0.0833. The summed E-state index contributed by atoms with van der Waals surface area (Å²) in [4.78, 5) is 29.7. The molecule has 0 unspecified atom stereocenters. The summed E-state index contributed by atoms with van der Waals surface area (Å²) in [5, 5.41) is 6.91. The Kier molecular flexibility index (Phi) is 6.37. The van der Waals surface area contributed by atoms with Gasteiger partial charge in [0.05, 0.1) is 13.1 Å². The quantitative estimate of drug-likeness (QED) is 0.395. The summed E-state index contributed by atoms with van der Waals surface area (Å²) in [5.41, 5.74) is 1.85. The first-order chi connectivity index (χ1) is 14.7. The third kappa shape index (κ3) is 5.03. The molecule has 0 atom stereocenters. The highest BCUT2D eigenvalue weighted by molar-refractivity contribution is 7.10. The lowest BCUT2D eigenvalue weighted by molar-refractivity contribution is 0.0733. The van der Waals surface area contributed by atoms with Crippen LogP contribution in [0.25, 0.3) is 0 Å². The monoisotopic (exact) mass is 432 g/mol. The van der Waals surface area contributed by atoms with E-state index in [0.717, 1.165) is 9.75 Å². The number of amides is 2. The molecule has 2 amide bonds. The van der Waals surface area contributed by atoms with Crippen LogP contribution in [0.1, 0.15) is 30.5 Å². The Labute approximate surface area is 183 Å². The molecule has 4 nitrogen and oxygen atoms in total. The molecule has 4 rings (SSSR count). The zero-order valence-electron chi connectivity index (χ0n) is 16.2. The van der Waals surface area contributed by atoms with Crippen molar-refractivity contribution in [1.29, 1.82) is 0 Å². The Morgan fingerprint density at radius 1 is 0.700 bits per heavy atom. The summed E-state index contributed by atoms with van der Waals surface area (Å²) < 4.78 is 0. The van der Waals surface area contributed by atoms with Gasteiger partial charge in [0.15, 0.2) is 0 Å². The lowest BCUT2D eigenvalue weighted by Gasteiger charge is -2.22. The van der Waals surface area contributed by atoms with Crippen LogP contribution in [0, 0.1) is 0 Å². The maximum atomic E-state index is 13.2. The number of carbonyl (C=O) groups is 2. The van der Waals surface area contributed by atoms with Crippen molar-refractivity contribution in [1.82, 2.24) is 4.90 Å². The number of benzene rings is 2. The highest BCUT2D eigenvalue weighted by atomic mass is 32.1. The molecule has 0 aliphatic rings. The SMILES string of the molecule is O=C(Nc1ccc(C(=O)N(Cc2cccs2)Cc2cccs2)cc1)c1ccccc1. The standard InChI is InChI=1S/C24H20N2O2S2/c27-23(18-6-2-1-3-7-18)25-20-12-10-19(11-13-20)24(28)26(16-21-8-4-14-29-21)17-22-9-5-15-30-22/h1-15H,16-17H2,(H,25,27). The van der Waals surface area contributed by atoms with Gasteiger partial charge >= 0.3 is 0 Å². The van der Waals surface area contributed by atoms with Gasteiger partial charge in [-0.05, 0) is 59.3 Å². The van der Waals surface area contributed by atoms with Crippen LogP contribution in [0.3, 0.4) is 0 Å². The fourth-order valence-corrected chi connectivity index (χ4v) is 4.49. The van der Waals surface area contributed by atoms with Crippen molar-refractivity contribution in [3.05, 3.63) is 111 Å². The van der Waals surface area contributed by atoms with Gasteiger partial charge in [-0.3, -0.25) is 9.59 Å². The largest absolute Gasteiger partial charge is 0.328 e. The number of hydrogen-bond donors (Lipinski definition) is 1. The molecule has 0 bridgehead atoms. The van der Waals surface area contributed by atoms with Crippen LogP contribution < -0.4 is 5.32 Å². The minimum atomic E-state index is -0.174. The zero-order valence-corrected chi connectivity index (χ0v) is 17.8. The Hall–Kier alpha value is -3.22. The molecule has 30 heavy (non-hydrogen) atoms. The van der Waals surface area contributed by atoms with Gasteiger partial charge in [0, 0.05) is 26.6 Å². The van der Waals surface area contributed by atoms with Crippen LogP contribution in [0.5, 0.6) is 0 Å². The van der Waals surface area contributed by atoms with Gasteiger partial charge < -0.3 is 10.2 Å². The summed E-state index contributed by atoms with van der Waals surface area (Å²) in [6.07, 6.45) is 0. The van der Waals surface area contributed by atoms with E-state index in [0.29, 0.717) is 29.9 Å². The predicted molar refractivity (Wildman–Crippen MR) is 123 cm³/mol. The Bertz CT molecular complexity index is 1050. The number of hydrogen-bond acceptors (Lipinski definition) is 4. The molecule has 1 N–H and O–H groups in total. The second kappa shape index (κ2) is 9.52. The minimum Gasteiger partial charge on any atom is -0.328 e. The zero-order chi connectivity index (χ0) is 20.8. The van der Waals surface area contributed by atoms with Crippen molar-refractivity contribution in [2.45, 2.75) is 13.1 Å². The van der Waals surface area contributed by atoms with Crippen molar-refractivity contribution in [2.24, 2.45) is 0 Å². The fourth-order valence-electron chi connectivity index (χ4n) is 3.05. The first-order valence-corrected chi connectivity index (χ1v) is 11.3. The first-order valence-electron chi connectivity index (χ1n) is 9.49. The lowest BCUT2D eigenvalue weighted by Crippen LogP contribution is -2.29. The van der Waals surface area contributed by atoms with Crippen molar-refractivity contribution in [3.63, 3.8) is 0 Å². The van der Waals surface area contributed by atoms with Crippen molar-refractivity contribution >= 4 is 40.2 Å². The third-order valence-corrected chi connectivity index (χ3v) is 6.29. The summed E-state index contributed by atoms with van der Waals surface area (Å²) in [5.74, 6) is -0.204. The number of carbonyl (C=O) groups excluding carboxylic acids is 2. The van der Waals surface area contributed by atoms with Crippen molar-refractivity contribution in [2.75, 3.05) is 5.32 Å². The first kappa shape index (κ1) is 20.1. The molecule has 2 heterocycles. The molecule has 4 aromatic rings. The van der Waals surface area contributed by atoms with E-state index in [-0.39, 0.29) is 11.8 Å². The summed E-state index contributed by atoms with van der Waals surface area (Å²) >= 11 is 3.29. The molecule has 0 fully saturated rings. The van der Waals surface area contributed by atoms with Gasteiger partial charge in [-0.1, -0.05) is 30.3 Å². The third-order valence-electron chi connectivity index (χ3n) is 4.57. The Morgan fingerprint density at radius 3 is 1.83 bits per heavy atom. The maximum absolute atomic E-state index is 13.2. The number of thiophene rings is 2. The molecule has 6 heteroatoms. The van der Waals surface area contributed by atoms with E-state index in [1.165, 1.54) is 0 Å². The second-order valence-electron chi connectivity index (χ2n) is 6.72. The smallest absolute Gasteiger partial charge is 0.255 e. The second-order valence-corrected chi connectivity index (χ2v) is 8.78. The molecular formula is C24H20N2O2S2. The van der Waals surface area contributed by atoms with Gasteiger partial charge in [0.1, 0.15) is 0 Å². The van der Waals surface area contributed by atoms with E-state index < -0.39 is 0 Å². The molecule has 0 radical (unpaired) electrons. The lowest BCUT2D eigenvalue weighted by atomic mass is 10.1. The summed E-state index contributed by atoms with van der Waals surface area (Å²) in [7, 11) is 0. The average Bonchev–Trinajstić information content (AvgIpc) is 3.48. The van der Waals surface area contributed by atoms with Crippen LogP contribution in [-0.2, 0) is 13.1 Å². The molecule has 2 aromatic heterocycles. The van der Waals surface area contributed by atoms with Crippen LogP contribution in [0.15, 0.2) is 89.6 Å². The van der Waals surface area contributed by atoms with E-state index in [2.05, 4.69) is 5.32 Å². The van der Waals surface area contributed by atoms with Gasteiger partial charge in [0.25, 0.3) is 11.8 Å². The minimum absolute atomic E-state index is 0.0299. The summed E-state index contributed by atoms with van der Waals surface area (Å²) in [6.45, 7) is 1.14. The Balaban J connectivity index is 1.48. The van der Waals surface area contributed by atoms with Gasteiger partial charge in [-0.15, -0.1) is 22.7 Å². The highest BCUT2D eigenvalue weighted by Gasteiger charge is 2.18. The number of nitrogens with zero attached hydrogens (tertiary/aromatic N) is 1. The van der Waals surface area contributed by atoms with Crippen LogP contribution in [-0.4, -0.2) is 16.7 Å². The number of rotatable bonds is 7. The van der Waals surface area contributed by atoms with E-state index in [4.69, 9.17) is 0 Å². The van der Waals surface area contributed by atoms with E-state index in [1.54, 1.807) is 59.1 Å². The van der Waals surface area contributed by atoms with Gasteiger partial charge in [-0.25, -0.2) is 0 Å². The molecule has 0 aliphatic carbocycles. The van der Waals surface area contributed by atoms with Crippen LogP contribution in [0.2, 0.25) is 0 Å². The van der Waals surface area contributed by atoms with E-state index >= 15 is 0 Å². The van der Waals surface area contributed by atoms with Gasteiger partial charge in [0.2, 0.25) is 0 Å². The molecule has 0 spiro atoms. The molecule has 0 saturated heterocycles. The van der Waals surface area contributed by atoms with Crippen molar-refractivity contribution < 1.29 is 9.59 Å². The molecule has 150 valence electrons. The van der Waals surface area contributed by atoms with E-state index in [1.807, 2.05) is 58.1 Å². The van der Waals surface area contributed by atoms with Gasteiger partial charge in [-0.2, -0.15) is 0 Å². The predicted octanol–water partition coefficient (Wildman–Crippen LogP) is 5.90. The van der Waals surface area contributed by atoms with Crippen LogP contribution in [0.4, 0.5) is 5.69 Å². The average molecular weight is 433 g/mol. The number of nitrogens with one attached hydrogen (secondary N) is 1. The van der Waals surface area contributed by atoms with E-state index in [9.17, 15) is 9.59 Å². The molecule has 0 aliphatic heterocycles. The van der Waals surface area contributed by atoms with Crippen molar-refractivity contribution in [3.8, 4) is 0 Å². The normalized spacial score (nSPS) is 10.5. The topological polar surface area (TPSA) is 49.4 Å². The molecule has 0 saturated carbocycles. The molecular weight excluding hydrogens is 412 g/mol. The maximum Gasteiger partial charge on any atom is 0.255 e. The van der Waals surface area contributed by atoms with Crippen LogP contribution >= 0.6 is 22.7 Å². The molecule has 2 aromatic carbocycles. The number of anilines is 1. The highest BCUT2D eigenvalue weighted by Crippen LogP contribution is 2.20. The Morgan fingerprint density at radius 2 is 1.30 bits per heavy atom. The summed E-state index contributed by atoms with van der Waals surface area (Å²) in [6, 6.07) is 24.2.